The Morgan fingerprint density at radius 3 is 2.07 bits per heavy atom. The third-order valence-corrected chi connectivity index (χ3v) is 9.47. The molecule has 0 spiro atoms. The van der Waals surface area contributed by atoms with Crippen LogP contribution in [-0.4, -0.2) is 11.2 Å². The molecule has 160 valence electrons. The Morgan fingerprint density at radius 2 is 1.41 bits per heavy atom. The summed E-state index contributed by atoms with van der Waals surface area (Å²) >= 11 is 0. The summed E-state index contributed by atoms with van der Waals surface area (Å²) in [5, 5.41) is 10.1. The molecule has 4 aliphatic carbocycles. The van der Waals surface area contributed by atoms with Gasteiger partial charge in [-0.1, -0.05) is 61.3 Å². The second-order valence-corrected chi connectivity index (χ2v) is 10.2. The van der Waals surface area contributed by atoms with E-state index in [9.17, 15) is 5.11 Å². The summed E-state index contributed by atoms with van der Waals surface area (Å²) in [6.45, 7) is 15.7. The molecule has 0 radical (unpaired) electrons. The van der Waals surface area contributed by atoms with E-state index in [1.807, 2.05) is 27.7 Å². The van der Waals surface area contributed by atoms with Crippen LogP contribution in [0.5, 0.6) is 0 Å². The number of fused-ring (bicyclic) bond motifs is 5. The maximum absolute atomic E-state index is 10.1. The summed E-state index contributed by atoms with van der Waals surface area (Å²) in [6, 6.07) is 0. The van der Waals surface area contributed by atoms with Gasteiger partial charge in [-0.3, -0.25) is 0 Å². The summed E-state index contributed by atoms with van der Waals surface area (Å²) in [6.07, 6.45) is 15.2. The van der Waals surface area contributed by atoms with Crippen molar-refractivity contribution in [2.24, 2.45) is 40.4 Å². The molecule has 4 saturated carbocycles. The largest absolute Gasteiger partial charge is 0.393 e. The van der Waals surface area contributed by atoms with Gasteiger partial charge in [0, 0.05) is 0 Å². The molecule has 27 heavy (non-hydrogen) atoms. The van der Waals surface area contributed by atoms with E-state index >= 15 is 0 Å². The van der Waals surface area contributed by atoms with Crippen molar-refractivity contribution in [2.45, 2.75) is 125 Å². The Labute approximate surface area is 171 Å². The minimum atomic E-state index is -0.00102. The second kappa shape index (κ2) is 9.64. The third kappa shape index (κ3) is 4.01. The van der Waals surface area contributed by atoms with Crippen LogP contribution in [0.4, 0.5) is 0 Å². The molecule has 4 rings (SSSR count). The monoisotopic (exact) mass is 378 g/mol. The molecule has 8 atom stereocenters. The predicted molar refractivity (Wildman–Crippen MR) is 119 cm³/mol. The molecule has 0 amide bonds. The topological polar surface area (TPSA) is 20.2 Å². The van der Waals surface area contributed by atoms with Crippen molar-refractivity contribution in [3.63, 3.8) is 0 Å². The maximum Gasteiger partial charge on any atom is 0.0543 e. The van der Waals surface area contributed by atoms with E-state index in [1.165, 1.54) is 57.8 Å². The van der Waals surface area contributed by atoms with Crippen LogP contribution in [0.25, 0.3) is 0 Å². The van der Waals surface area contributed by atoms with Gasteiger partial charge in [0.2, 0.25) is 0 Å². The zero-order valence-corrected chi connectivity index (χ0v) is 19.7. The Balaban J connectivity index is 0.000000614. The predicted octanol–water partition coefficient (Wildman–Crippen LogP) is 7.86. The highest BCUT2D eigenvalue weighted by molar-refractivity contribution is 5.09. The minimum Gasteiger partial charge on any atom is -0.393 e. The van der Waals surface area contributed by atoms with Crippen LogP contribution in [0.2, 0.25) is 0 Å². The first-order chi connectivity index (χ1) is 13.0. The molecule has 0 saturated heterocycles. The molecule has 0 heterocycles. The van der Waals surface area contributed by atoms with Crippen molar-refractivity contribution >= 4 is 0 Å². The van der Waals surface area contributed by atoms with Crippen LogP contribution < -0.4 is 0 Å². The summed E-state index contributed by atoms with van der Waals surface area (Å²) in [4.78, 5) is 0. The number of hydrogen-bond donors (Lipinski definition) is 1. The molecule has 0 aliphatic heterocycles. The van der Waals surface area contributed by atoms with Gasteiger partial charge < -0.3 is 5.11 Å². The summed E-state index contributed by atoms with van der Waals surface area (Å²) in [7, 11) is 0. The standard InChI is InChI=1S/C22H38O.2C2H6/c1-4-5-15-7-9-19-18-8-6-16-14-17(23)10-12-22(16,3)20(18)11-13-21(15,19)2;2*1-2/h15-20,23H,4-14H2,1-3H3;2*1-2H3. The van der Waals surface area contributed by atoms with Gasteiger partial charge in [0.1, 0.15) is 0 Å². The zero-order valence-electron chi connectivity index (χ0n) is 19.7. The quantitative estimate of drug-likeness (QED) is 0.518. The molecular weight excluding hydrogens is 328 g/mol. The number of rotatable bonds is 2. The fraction of sp³-hybridized carbons (Fsp3) is 1.00. The van der Waals surface area contributed by atoms with Gasteiger partial charge in [0.15, 0.2) is 0 Å². The van der Waals surface area contributed by atoms with Gasteiger partial charge in [0.25, 0.3) is 0 Å². The van der Waals surface area contributed by atoms with Gasteiger partial charge in [-0.25, -0.2) is 0 Å². The molecule has 0 aromatic carbocycles. The van der Waals surface area contributed by atoms with Crippen LogP contribution in [0.1, 0.15) is 119 Å². The third-order valence-electron chi connectivity index (χ3n) is 9.47. The maximum atomic E-state index is 10.1. The number of hydrogen-bond acceptors (Lipinski definition) is 1. The van der Waals surface area contributed by atoms with Gasteiger partial charge in [-0.2, -0.15) is 0 Å². The van der Waals surface area contributed by atoms with Crippen molar-refractivity contribution in [2.75, 3.05) is 0 Å². The Hall–Kier alpha value is -0.0400. The summed E-state index contributed by atoms with van der Waals surface area (Å²) < 4.78 is 0. The SMILES string of the molecule is CC.CC.CCCC1CCC2C3CCC4CC(O)CCC4(C)C3CCC12C. The molecule has 1 nitrogen and oxygen atoms in total. The molecule has 0 aromatic rings. The van der Waals surface area contributed by atoms with Crippen molar-refractivity contribution in [1.82, 2.24) is 0 Å². The molecular formula is C26H50O. The van der Waals surface area contributed by atoms with Crippen LogP contribution in [0, 0.1) is 40.4 Å². The highest BCUT2D eigenvalue weighted by Gasteiger charge is 2.59. The zero-order chi connectivity index (χ0) is 20.2. The van der Waals surface area contributed by atoms with Crippen molar-refractivity contribution in [1.29, 1.82) is 0 Å². The van der Waals surface area contributed by atoms with Crippen LogP contribution in [-0.2, 0) is 0 Å². The minimum absolute atomic E-state index is 0.00102. The first-order valence-corrected chi connectivity index (χ1v) is 12.7. The Morgan fingerprint density at radius 1 is 0.778 bits per heavy atom. The van der Waals surface area contributed by atoms with Crippen LogP contribution >= 0.6 is 0 Å². The van der Waals surface area contributed by atoms with Crippen LogP contribution in [0.3, 0.4) is 0 Å². The fourth-order valence-corrected chi connectivity index (χ4v) is 8.17. The van der Waals surface area contributed by atoms with Crippen LogP contribution in [0.15, 0.2) is 0 Å². The molecule has 1 N–H and O–H groups in total. The van der Waals surface area contributed by atoms with Gasteiger partial charge >= 0.3 is 0 Å². The van der Waals surface area contributed by atoms with E-state index in [2.05, 4.69) is 20.8 Å². The van der Waals surface area contributed by atoms with Crippen molar-refractivity contribution in [3.05, 3.63) is 0 Å². The Bertz CT molecular complexity index is 445. The average molecular weight is 379 g/mol. The average Bonchev–Trinajstić information content (AvgIpc) is 3.02. The van der Waals surface area contributed by atoms with E-state index in [0.717, 1.165) is 42.4 Å². The Kier molecular flexibility index (Phi) is 8.30. The van der Waals surface area contributed by atoms with E-state index in [1.54, 1.807) is 0 Å². The van der Waals surface area contributed by atoms with E-state index < -0.39 is 0 Å². The van der Waals surface area contributed by atoms with Gasteiger partial charge in [-0.15, -0.1) is 0 Å². The lowest BCUT2D eigenvalue weighted by molar-refractivity contribution is -0.126. The molecule has 1 heteroatoms. The van der Waals surface area contributed by atoms with E-state index in [4.69, 9.17) is 0 Å². The summed E-state index contributed by atoms with van der Waals surface area (Å²) in [5.41, 5.74) is 1.21. The molecule has 8 unspecified atom stereocenters. The lowest BCUT2D eigenvalue weighted by atomic mass is 9.44. The first-order valence-electron chi connectivity index (χ1n) is 12.7. The number of aliphatic hydroxyl groups is 1. The highest BCUT2D eigenvalue weighted by Crippen LogP contribution is 2.67. The number of aliphatic hydroxyl groups excluding tert-OH is 1. The fourth-order valence-electron chi connectivity index (χ4n) is 8.17. The summed E-state index contributed by atoms with van der Waals surface area (Å²) in [5.74, 6) is 4.81. The van der Waals surface area contributed by atoms with Gasteiger partial charge in [0.05, 0.1) is 6.10 Å². The van der Waals surface area contributed by atoms with Crippen molar-refractivity contribution in [3.8, 4) is 0 Å². The molecule has 4 aliphatic rings. The highest BCUT2D eigenvalue weighted by atomic mass is 16.3. The molecule has 4 fully saturated rings. The van der Waals surface area contributed by atoms with Gasteiger partial charge in [-0.05, 0) is 98.2 Å². The lowest BCUT2D eigenvalue weighted by Gasteiger charge is -2.61. The smallest absolute Gasteiger partial charge is 0.0543 e. The second-order valence-electron chi connectivity index (χ2n) is 10.2. The first kappa shape index (κ1) is 23.2. The lowest BCUT2D eigenvalue weighted by Crippen LogP contribution is -2.53. The molecule has 0 bridgehead atoms. The van der Waals surface area contributed by atoms with E-state index in [-0.39, 0.29) is 6.10 Å². The van der Waals surface area contributed by atoms with Crippen molar-refractivity contribution < 1.29 is 5.11 Å². The van der Waals surface area contributed by atoms with E-state index in [0.29, 0.717) is 10.8 Å². The molecule has 0 aromatic heterocycles. The normalized spacial score (nSPS) is 48.0.